The molecule has 1 aromatic carbocycles. The van der Waals surface area contributed by atoms with Crippen molar-refractivity contribution in [1.29, 1.82) is 0 Å². The summed E-state index contributed by atoms with van der Waals surface area (Å²) >= 11 is 0. The number of benzene rings is 1. The number of nitrogens with zero attached hydrogens (tertiary/aromatic N) is 2. The minimum absolute atomic E-state index is 0.342. The molecule has 0 amide bonds. The lowest BCUT2D eigenvalue weighted by molar-refractivity contribution is -0.144. The van der Waals surface area contributed by atoms with E-state index >= 15 is 0 Å². The maximum atomic E-state index is 10.9. The van der Waals surface area contributed by atoms with Crippen molar-refractivity contribution in [3.8, 4) is 0 Å². The van der Waals surface area contributed by atoms with Crippen molar-refractivity contribution >= 4 is 17.3 Å². The smallest absolute Gasteiger partial charge is 0.324 e. The molecule has 2 rings (SSSR count). The fourth-order valence-corrected chi connectivity index (χ4v) is 2.42. The van der Waals surface area contributed by atoms with E-state index in [1.165, 1.54) is 5.69 Å². The molecule has 1 fully saturated rings. The van der Waals surface area contributed by atoms with Crippen LogP contribution >= 0.6 is 0 Å². The molecule has 0 saturated carbocycles. The fraction of sp³-hybridized carbons (Fsp3) is 0.500. The van der Waals surface area contributed by atoms with Crippen LogP contribution in [0.3, 0.4) is 0 Å². The van der Waals surface area contributed by atoms with Crippen molar-refractivity contribution < 1.29 is 9.63 Å². The normalized spacial score (nSPS) is 16.1. The van der Waals surface area contributed by atoms with Crippen molar-refractivity contribution in [1.82, 2.24) is 4.90 Å². The van der Waals surface area contributed by atoms with Gasteiger partial charge in [-0.3, -0.25) is 9.69 Å². The average molecular weight is 278 g/mol. The zero-order valence-electron chi connectivity index (χ0n) is 11.6. The molecule has 20 heavy (non-hydrogen) atoms. The lowest BCUT2D eigenvalue weighted by Gasteiger charge is -2.36. The SMILES string of the molecule is NOC(=O)CCCN1CCN(c2ccc(N)cc2)CC1. The van der Waals surface area contributed by atoms with Gasteiger partial charge in [0, 0.05) is 44.0 Å². The number of nitrogens with two attached hydrogens (primary N) is 2. The van der Waals surface area contributed by atoms with Crippen molar-refractivity contribution in [3.05, 3.63) is 24.3 Å². The molecule has 1 saturated heterocycles. The number of piperazine rings is 1. The van der Waals surface area contributed by atoms with Gasteiger partial charge in [-0.2, -0.15) is 5.90 Å². The highest BCUT2D eigenvalue weighted by atomic mass is 16.7. The monoisotopic (exact) mass is 278 g/mol. The van der Waals surface area contributed by atoms with E-state index in [0.717, 1.165) is 44.8 Å². The first-order valence-electron chi connectivity index (χ1n) is 6.91. The Labute approximate surface area is 119 Å². The van der Waals surface area contributed by atoms with E-state index in [2.05, 4.69) is 26.8 Å². The van der Waals surface area contributed by atoms with Crippen LogP contribution in [0, 0.1) is 0 Å². The summed E-state index contributed by atoms with van der Waals surface area (Å²) in [6, 6.07) is 7.98. The molecule has 6 nitrogen and oxygen atoms in total. The maximum absolute atomic E-state index is 10.9. The molecule has 1 aliphatic rings. The first-order valence-corrected chi connectivity index (χ1v) is 6.91. The third-order valence-corrected chi connectivity index (χ3v) is 3.62. The van der Waals surface area contributed by atoms with E-state index in [0.29, 0.717) is 6.42 Å². The average Bonchev–Trinajstić information content (AvgIpc) is 2.48. The van der Waals surface area contributed by atoms with Gasteiger partial charge >= 0.3 is 5.97 Å². The lowest BCUT2D eigenvalue weighted by atomic mass is 10.2. The molecule has 0 unspecified atom stereocenters. The molecule has 110 valence electrons. The van der Waals surface area contributed by atoms with E-state index in [-0.39, 0.29) is 5.97 Å². The zero-order valence-corrected chi connectivity index (χ0v) is 11.6. The largest absolute Gasteiger partial charge is 0.399 e. The lowest BCUT2D eigenvalue weighted by Crippen LogP contribution is -2.46. The van der Waals surface area contributed by atoms with Crippen LogP contribution in [-0.4, -0.2) is 43.6 Å². The second-order valence-electron chi connectivity index (χ2n) is 5.01. The van der Waals surface area contributed by atoms with Crippen LogP contribution in [0.25, 0.3) is 0 Å². The minimum atomic E-state index is -0.342. The summed E-state index contributed by atoms with van der Waals surface area (Å²) in [5.74, 6) is 4.46. The Bertz CT molecular complexity index is 427. The Morgan fingerprint density at radius 2 is 1.80 bits per heavy atom. The standard InChI is InChI=1S/C14H22N4O2/c15-12-3-5-13(6-4-12)18-10-8-17(9-11-18)7-1-2-14(19)20-16/h3-6H,1-2,7-11,15-16H2. The van der Waals surface area contributed by atoms with Crippen LogP contribution in [0.5, 0.6) is 0 Å². The third-order valence-electron chi connectivity index (χ3n) is 3.62. The Morgan fingerprint density at radius 3 is 2.40 bits per heavy atom. The summed E-state index contributed by atoms with van der Waals surface area (Å²) < 4.78 is 0. The molecule has 1 aliphatic heterocycles. The van der Waals surface area contributed by atoms with Gasteiger partial charge in [0.25, 0.3) is 0 Å². The van der Waals surface area contributed by atoms with Gasteiger partial charge in [-0.25, -0.2) is 0 Å². The maximum Gasteiger partial charge on any atom is 0.324 e. The summed E-state index contributed by atoms with van der Waals surface area (Å²) in [5, 5.41) is 0. The predicted octanol–water partition coefficient (Wildman–Crippen LogP) is 0.588. The van der Waals surface area contributed by atoms with Gasteiger partial charge in [-0.05, 0) is 37.2 Å². The van der Waals surface area contributed by atoms with E-state index in [1.54, 1.807) is 0 Å². The van der Waals surface area contributed by atoms with Gasteiger partial charge in [0.15, 0.2) is 0 Å². The topological polar surface area (TPSA) is 84.8 Å². The summed E-state index contributed by atoms with van der Waals surface area (Å²) in [7, 11) is 0. The Hall–Kier alpha value is -1.79. The molecule has 1 heterocycles. The van der Waals surface area contributed by atoms with Crippen molar-refractivity contribution in [2.24, 2.45) is 5.90 Å². The molecule has 4 N–H and O–H groups in total. The number of rotatable bonds is 5. The van der Waals surface area contributed by atoms with Crippen LogP contribution in [0.1, 0.15) is 12.8 Å². The molecular formula is C14H22N4O2. The van der Waals surface area contributed by atoms with Crippen LogP contribution < -0.4 is 16.5 Å². The number of anilines is 2. The number of carbonyl (C=O) groups is 1. The molecule has 6 heteroatoms. The van der Waals surface area contributed by atoms with Gasteiger partial charge in [0.05, 0.1) is 0 Å². The minimum Gasteiger partial charge on any atom is -0.399 e. The fourth-order valence-electron chi connectivity index (χ4n) is 2.42. The van der Waals surface area contributed by atoms with Crippen LogP contribution in [0.15, 0.2) is 24.3 Å². The van der Waals surface area contributed by atoms with Gasteiger partial charge in [0.1, 0.15) is 0 Å². The van der Waals surface area contributed by atoms with Crippen molar-refractivity contribution in [3.63, 3.8) is 0 Å². The number of nitrogen functional groups attached to an aromatic ring is 1. The highest BCUT2D eigenvalue weighted by molar-refractivity contribution is 5.68. The van der Waals surface area contributed by atoms with Gasteiger partial charge in [-0.1, -0.05) is 0 Å². The second-order valence-corrected chi connectivity index (χ2v) is 5.01. The highest BCUT2D eigenvalue weighted by Gasteiger charge is 2.17. The van der Waals surface area contributed by atoms with E-state index < -0.39 is 0 Å². The molecule has 0 atom stereocenters. The Morgan fingerprint density at radius 1 is 1.15 bits per heavy atom. The van der Waals surface area contributed by atoms with E-state index in [1.807, 2.05) is 12.1 Å². The molecular weight excluding hydrogens is 256 g/mol. The zero-order chi connectivity index (χ0) is 14.4. The van der Waals surface area contributed by atoms with Gasteiger partial charge in [-0.15, -0.1) is 0 Å². The Kier molecular flexibility index (Phi) is 5.20. The molecule has 0 aliphatic carbocycles. The number of carbonyl (C=O) groups excluding carboxylic acids is 1. The van der Waals surface area contributed by atoms with E-state index in [4.69, 9.17) is 11.6 Å². The first kappa shape index (κ1) is 14.6. The second kappa shape index (κ2) is 7.12. The Balaban J connectivity index is 1.72. The van der Waals surface area contributed by atoms with Crippen LogP contribution in [0.4, 0.5) is 11.4 Å². The molecule has 1 aromatic rings. The van der Waals surface area contributed by atoms with Crippen molar-refractivity contribution in [2.45, 2.75) is 12.8 Å². The van der Waals surface area contributed by atoms with E-state index in [9.17, 15) is 4.79 Å². The molecule has 0 spiro atoms. The summed E-state index contributed by atoms with van der Waals surface area (Å²) in [4.78, 5) is 19.8. The molecule has 0 bridgehead atoms. The summed E-state index contributed by atoms with van der Waals surface area (Å²) in [6.07, 6.45) is 1.17. The molecule has 0 aromatic heterocycles. The quantitative estimate of drug-likeness (QED) is 0.605. The molecule has 0 radical (unpaired) electrons. The number of hydrogen-bond donors (Lipinski definition) is 2. The summed E-state index contributed by atoms with van der Waals surface area (Å²) in [6.45, 7) is 4.89. The van der Waals surface area contributed by atoms with Gasteiger partial charge in [0.2, 0.25) is 0 Å². The van der Waals surface area contributed by atoms with Crippen LogP contribution in [0.2, 0.25) is 0 Å². The van der Waals surface area contributed by atoms with Crippen molar-refractivity contribution in [2.75, 3.05) is 43.4 Å². The highest BCUT2D eigenvalue weighted by Crippen LogP contribution is 2.18. The summed E-state index contributed by atoms with van der Waals surface area (Å²) in [5.41, 5.74) is 7.70. The van der Waals surface area contributed by atoms with Crippen LogP contribution in [-0.2, 0) is 9.63 Å². The number of hydrogen-bond acceptors (Lipinski definition) is 6. The third kappa shape index (κ3) is 4.11. The predicted molar refractivity (Wildman–Crippen MR) is 79.0 cm³/mol. The van der Waals surface area contributed by atoms with Gasteiger partial charge < -0.3 is 15.5 Å². The first-order chi connectivity index (χ1) is 9.69.